The van der Waals surface area contributed by atoms with Crippen LogP contribution in [0.25, 0.3) is 0 Å². The lowest BCUT2D eigenvalue weighted by molar-refractivity contribution is 0.300. The molecule has 0 spiro atoms. The van der Waals surface area contributed by atoms with Gasteiger partial charge in [0.1, 0.15) is 12.4 Å². The van der Waals surface area contributed by atoms with Crippen LogP contribution in [0, 0.1) is 6.92 Å². The lowest BCUT2D eigenvalue weighted by Gasteiger charge is -2.15. The number of hydrogen-bond donors (Lipinski definition) is 1. The Kier molecular flexibility index (Phi) is 4.58. The fraction of sp³-hybridized carbons (Fsp3) is 0.294. The minimum Gasteiger partial charge on any atom is -0.489 e. The summed E-state index contributed by atoms with van der Waals surface area (Å²) in [5.41, 5.74) is 9.62. The molecule has 0 saturated carbocycles. The summed E-state index contributed by atoms with van der Waals surface area (Å²) in [4.78, 5) is 0. The second kappa shape index (κ2) is 6.39. The van der Waals surface area contributed by atoms with E-state index in [9.17, 15) is 0 Å². The fourth-order valence-electron chi connectivity index (χ4n) is 2.10. The van der Waals surface area contributed by atoms with Crippen molar-refractivity contribution in [3.63, 3.8) is 0 Å². The summed E-state index contributed by atoms with van der Waals surface area (Å²) in [6, 6.07) is 16.4. The summed E-state index contributed by atoms with van der Waals surface area (Å²) in [5.74, 6) is 0.887. The molecule has 0 radical (unpaired) electrons. The van der Waals surface area contributed by atoms with Gasteiger partial charge in [-0.2, -0.15) is 0 Å². The highest BCUT2D eigenvalue weighted by atomic mass is 16.5. The maximum absolute atomic E-state index is 6.11. The summed E-state index contributed by atoms with van der Waals surface area (Å²) >= 11 is 0. The fourth-order valence-corrected chi connectivity index (χ4v) is 2.10. The molecule has 2 nitrogen and oxygen atoms in total. The zero-order valence-electron chi connectivity index (χ0n) is 11.6. The van der Waals surface area contributed by atoms with Gasteiger partial charge in [0.2, 0.25) is 0 Å². The third-order valence-electron chi connectivity index (χ3n) is 3.24. The van der Waals surface area contributed by atoms with E-state index in [1.54, 1.807) is 0 Å². The van der Waals surface area contributed by atoms with Crippen LogP contribution in [0.15, 0.2) is 48.5 Å². The second-order valence-corrected chi connectivity index (χ2v) is 4.83. The van der Waals surface area contributed by atoms with E-state index in [2.05, 4.69) is 38.1 Å². The molecule has 0 aliphatic heterocycles. The van der Waals surface area contributed by atoms with Gasteiger partial charge in [-0.1, -0.05) is 55.0 Å². The van der Waals surface area contributed by atoms with Crippen LogP contribution in [0.4, 0.5) is 0 Å². The second-order valence-electron chi connectivity index (χ2n) is 4.83. The largest absolute Gasteiger partial charge is 0.489 e. The van der Waals surface area contributed by atoms with Crippen molar-refractivity contribution in [3.8, 4) is 5.75 Å². The minimum atomic E-state index is 0.0358. The average Bonchev–Trinajstić information content (AvgIpc) is 2.45. The van der Waals surface area contributed by atoms with Crippen LogP contribution < -0.4 is 10.5 Å². The number of hydrogen-bond acceptors (Lipinski definition) is 2. The third-order valence-corrected chi connectivity index (χ3v) is 3.24. The van der Waals surface area contributed by atoms with E-state index in [1.807, 2.05) is 24.3 Å². The number of rotatable bonds is 5. The van der Waals surface area contributed by atoms with E-state index in [4.69, 9.17) is 10.5 Å². The Morgan fingerprint density at radius 2 is 1.89 bits per heavy atom. The molecule has 0 saturated heterocycles. The highest BCUT2D eigenvalue weighted by Crippen LogP contribution is 2.26. The molecule has 0 aromatic heterocycles. The summed E-state index contributed by atoms with van der Waals surface area (Å²) < 4.78 is 5.92. The van der Waals surface area contributed by atoms with Crippen molar-refractivity contribution >= 4 is 0 Å². The maximum Gasteiger partial charge on any atom is 0.124 e. The van der Waals surface area contributed by atoms with Gasteiger partial charge < -0.3 is 10.5 Å². The summed E-state index contributed by atoms with van der Waals surface area (Å²) in [7, 11) is 0. The first-order chi connectivity index (χ1) is 9.20. The zero-order valence-corrected chi connectivity index (χ0v) is 11.6. The van der Waals surface area contributed by atoms with Crippen LogP contribution in [0.2, 0.25) is 0 Å². The molecule has 0 heterocycles. The van der Waals surface area contributed by atoms with Crippen LogP contribution in [-0.4, -0.2) is 0 Å². The summed E-state index contributed by atoms with van der Waals surface area (Å²) in [6.07, 6.45) is 0.908. The van der Waals surface area contributed by atoms with E-state index >= 15 is 0 Å². The molecule has 0 bridgehead atoms. The number of ether oxygens (including phenoxy) is 1. The normalized spacial score (nSPS) is 12.2. The molecule has 100 valence electrons. The average molecular weight is 255 g/mol. The molecule has 2 rings (SSSR count). The van der Waals surface area contributed by atoms with E-state index in [1.165, 1.54) is 11.1 Å². The molecule has 1 atom stereocenters. The Bertz CT molecular complexity index is 536. The molecule has 0 unspecified atom stereocenters. The van der Waals surface area contributed by atoms with Crippen LogP contribution >= 0.6 is 0 Å². The predicted molar refractivity (Wildman–Crippen MR) is 79.2 cm³/mol. The van der Waals surface area contributed by atoms with Crippen molar-refractivity contribution in [2.24, 2.45) is 5.73 Å². The summed E-state index contributed by atoms with van der Waals surface area (Å²) in [6.45, 7) is 4.75. The molecule has 2 aromatic carbocycles. The Balaban J connectivity index is 2.11. The number of para-hydroxylation sites is 1. The third kappa shape index (κ3) is 3.58. The topological polar surface area (TPSA) is 35.2 Å². The predicted octanol–water partition coefficient (Wildman–Crippen LogP) is 3.98. The van der Waals surface area contributed by atoms with E-state index < -0.39 is 0 Å². The first kappa shape index (κ1) is 13.6. The lowest BCUT2D eigenvalue weighted by atomic mass is 10.0. The minimum absolute atomic E-state index is 0.0358. The van der Waals surface area contributed by atoms with Gasteiger partial charge in [-0.05, 0) is 25.0 Å². The molecular formula is C17H21NO. The van der Waals surface area contributed by atoms with Crippen molar-refractivity contribution in [1.29, 1.82) is 0 Å². The lowest BCUT2D eigenvalue weighted by Crippen LogP contribution is -2.10. The van der Waals surface area contributed by atoms with Crippen molar-refractivity contribution < 1.29 is 4.74 Å². The van der Waals surface area contributed by atoms with Gasteiger partial charge in [0.15, 0.2) is 0 Å². The van der Waals surface area contributed by atoms with Crippen LogP contribution in [0.3, 0.4) is 0 Å². The van der Waals surface area contributed by atoms with Gasteiger partial charge in [-0.15, -0.1) is 0 Å². The quantitative estimate of drug-likeness (QED) is 0.877. The molecule has 2 heteroatoms. The van der Waals surface area contributed by atoms with Crippen molar-refractivity contribution in [1.82, 2.24) is 0 Å². The highest BCUT2D eigenvalue weighted by Gasteiger charge is 2.09. The Morgan fingerprint density at radius 1 is 1.11 bits per heavy atom. The van der Waals surface area contributed by atoms with Gasteiger partial charge in [0.05, 0.1) is 0 Å². The number of nitrogens with two attached hydrogens (primary N) is 1. The van der Waals surface area contributed by atoms with Crippen LogP contribution in [0.1, 0.15) is 36.1 Å². The van der Waals surface area contributed by atoms with Gasteiger partial charge in [-0.25, -0.2) is 0 Å². The standard InChI is InChI=1S/C17H21NO/c1-3-16(18)15-9-4-5-10-17(15)19-12-14-8-6-7-13(2)11-14/h4-11,16H,3,12,18H2,1-2H3/t16-/m1/s1. The van der Waals surface area contributed by atoms with Crippen LogP contribution in [-0.2, 0) is 6.61 Å². The monoisotopic (exact) mass is 255 g/mol. The van der Waals surface area contributed by atoms with E-state index in [0.29, 0.717) is 6.61 Å². The Labute approximate surface area is 115 Å². The van der Waals surface area contributed by atoms with Crippen molar-refractivity contribution in [3.05, 3.63) is 65.2 Å². The SMILES string of the molecule is CC[C@@H](N)c1ccccc1OCc1cccc(C)c1. The van der Waals surface area contributed by atoms with Gasteiger partial charge in [0, 0.05) is 11.6 Å². The molecule has 19 heavy (non-hydrogen) atoms. The van der Waals surface area contributed by atoms with E-state index in [-0.39, 0.29) is 6.04 Å². The molecule has 2 N–H and O–H groups in total. The number of benzene rings is 2. The molecule has 0 aliphatic rings. The first-order valence-corrected chi connectivity index (χ1v) is 6.73. The molecule has 2 aromatic rings. The van der Waals surface area contributed by atoms with Crippen LogP contribution in [0.5, 0.6) is 5.75 Å². The maximum atomic E-state index is 6.11. The zero-order chi connectivity index (χ0) is 13.7. The van der Waals surface area contributed by atoms with Crippen molar-refractivity contribution in [2.75, 3.05) is 0 Å². The summed E-state index contributed by atoms with van der Waals surface area (Å²) in [5, 5.41) is 0. The smallest absolute Gasteiger partial charge is 0.124 e. The molecular weight excluding hydrogens is 234 g/mol. The molecule has 0 amide bonds. The molecule has 0 aliphatic carbocycles. The van der Waals surface area contributed by atoms with Crippen molar-refractivity contribution in [2.45, 2.75) is 32.9 Å². The first-order valence-electron chi connectivity index (χ1n) is 6.73. The number of aryl methyl sites for hydroxylation is 1. The molecule has 0 fully saturated rings. The van der Waals surface area contributed by atoms with Gasteiger partial charge in [0.25, 0.3) is 0 Å². The van der Waals surface area contributed by atoms with E-state index in [0.717, 1.165) is 17.7 Å². The Hall–Kier alpha value is -1.80. The van der Waals surface area contributed by atoms with Gasteiger partial charge in [-0.3, -0.25) is 0 Å². The van der Waals surface area contributed by atoms with Gasteiger partial charge >= 0.3 is 0 Å². The highest BCUT2D eigenvalue weighted by molar-refractivity contribution is 5.36. The Morgan fingerprint density at radius 3 is 2.63 bits per heavy atom.